The first-order valence-corrected chi connectivity index (χ1v) is 11.7. The Morgan fingerprint density at radius 2 is 2.11 bits per heavy atom. The Morgan fingerprint density at radius 1 is 1.29 bits per heavy atom. The van der Waals surface area contributed by atoms with Crippen molar-refractivity contribution in [1.29, 1.82) is 0 Å². The van der Waals surface area contributed by atoms with Gasteiger partial charge in [-0.25, -0.2) is 4.57 Å². The standard InChI is InChI=1S/C22H32NO4P/c1-2-3-4-5-6-17-7-8-19-14-20(10-9-18(19)13-17)21-11-12-22(23,15-21)16-27-28(24,25)26/h2,5-6,9-10,14,17,21H,1,3-4,7-8,11-13,15-16,23H2,(H2,24,25,26)/b6-5+/t17-,21+,22-/m1/s1. The quantitative estimate of drug-likeness (QED) is 0.339. The second-order valence-corrected chi connectivity index (χ2v) is 9.63. The third-order valence-corrected chi connectivity index (χ3v) is 6.54. The lowest BCUT2D eigenvalue weighted by Crippen LogP contribution is -2.41. The van der Waals surface area contributed by atoms with Gasteiger partial charge >= 0.3 is 7.82 Å². The first-order valence-electron chi connectivity index (χ1n) is 10.2. The molecule has 0 aromatic heterocycles. The molecule has 0 aliphatic heterocycles. The fourth-order valence-corrected chi connectivity index (χ4v) is 4.93. The summed E-state index contributed by atoms with van der Waals surface area (Å²) >= 11 is 0. The number of hydrogen-bond donors (Lipinski definition) is 3. The van der Waals surface area contributed by atoms with Crippen LogP contribution in [0.4, 0.5) is 0 Å². The minimum atomic E-state index is -4.48. The van der Waals surface area contributed by atoms with E-state index in [9.17, 15) is 4.57 Å². The fraction of sp³-hybridized carbons (Fsp3) is 0.545. The maximum Gasteiger partial charge on any atom is 0.469 e. The van der Waals surface area contributed by atoms with E-state index in [2.05, 4.69) is 41.5 Å². The van der Waals surface area contributed by atoms with E-state index in [4.69, 9.17) is 15.5 Å². The molecule has 1 aromatic carbocycles. The molecular formula is C22H32NO4P. The molecule has 5 nitrogen and oxygen atoms in total. The van der Waals surface area contributed by atoms with Gasteiger partial charge in [-0.15, -0.1) is 6.58 Å². The summed E-state index contributed by atoms with van der Waals surface area (Å²) in [5.74, 6) is 0.948. The number of aryl methyl sites for hydroxylation is 1. The van der Waals surface area contributed by atoms with Crippen molar-refractivity contribution >= 4 is 7.82 Å². The lowest BCUT2D eigenvalue weighted by Gasteiger charge is -2.25. The predicted molar refractivity (Wildman–Crippen MR) is 112 cm³/mol. The van der Waals surface area contributed by atoms with Crippen molar-refractivity contribution in [3.8, 4) is 0 Å². The Labute approximate surface area is 167 Å². The highest BCUT2D eigenvalue weighted by molar-refractivity contribution is 7.46. The van der Waals surface area contributed by atoms with Gasteiger partial charge in [0.2, 0.25) is 0 Å². The van der Waals surface area contributed by atoms with Gasteiger partial charge in [0.05, 0.1) is 6.61 Å². The number of phosphoric ester groups is 1. The number of hydrogen-bond acceptors (Lipinski definition) is 3. The highest BCUT2D eigenvalue weighted by Crippen LogP contribution is 2.44. The molecule has 3 atom stereocenters. The SMILES string of the molecule is C=CCC/C=C/[C@@H]1CCc2cc([C@H]3CC[C@](N)(COP(=O)(O)O)C3)ccc2C1. The van der Waals surface area contributed by atoms with Gasteiger partial charge in [0.1, 0.15) is 0 Å². The molecule has 0 radical (unpaired) electrons. The van der Waals surface area contributed by atoms with Gasteiger partial charge in [0.15, 0.2) is 0 Å². The maximum atomic E-state index is 11.0. The van der Waals surface area contributed by atoms with Crippen molar-refractivity contribution in [2.75, 3.05) is 6.61 Å². The van der Waals surface area contributed by atoms with Crippen LogP contribution in [0.1, 0.15) is 61.1 Å². The largest absolute Gasteiger partial charge is 0.469 e. The van der Waals surface area contributed by atoms with Crippen LogP contribution in [-0.2, 0) is 21.9 Å². The number of rotatable bonds is 8. The Balaban J connectivity index is 1.60. The number of benzene rings is 1. The Morgan fingerprint density at radius 3 is 2.86 bits per heavy atom. The summed E-state index contributed by atoms with van der Waals surface area (Å²) in [5, 5.41) is 0. The van der Waals surface area contributed by atoms with Crippen LogP contribution in [0.2, 0.25) is 0 Å². The molecule has 4 N–H and O–H groups in total. The highest BCUT2D eigenvalue weighted by atomic mass is 31.2. The summed E-state index contributed by atoms with van der Waals surface area (Å²) in [5.41, 5.74) is 9.85. The summed E-state index contributed by atoms with van der Waals surface area (Å²) in [4.78, 5) is 17.9. The van der Waals surface area contributed by atoms with E-state index in [1.807, 2.05) is 6.08 Å². The number of allylic oxidation sites excluding steroid dienone is 3. The first kappa shape index (κ1) is 21.5. The molecule has 0 saturated heterocycles. The fourth-order valence-electron chi connectivity index (χ4n) is 4.51. The third kappa shape index (κ3) is 5.88. The third-order valence-electron chi connectivity index (χ3n) is 6.08. The van der Waals surface area contributed by atoms with E-state index in [0.717, 1.165) is 32.1 Å². The molecule has 0 spiro atoms. The Kier molecular flexibility index (Phi) is 6.95. The van der Waals surface area contributed by atoms with Crippen LogP contribution in [0, 0.1) is 5.92 Å². The zero-order valence-corrected chi connectivity index (χ0v) is 17.3. The number of fused-ring (bicyclic) bond motifs is 1. The first-order chi connectivity index (χ1) is 13.3. The van der Waals surface area contributed by atoms with Gasteiger partial charge in [-0.3, -0.25) is 4.52 Å². The molecule has 1 aromatic rings. The molecule has 3 rings (SSSR count). The van der Waals surface area contributed by atoms with Crippen LogP contribution in [0.5, 0.6) is 0 Å². The van der Waals surface area contributed by atoms with Crippen LogP contribution in [-0.4, -0.2) is 21.9 Å². The van der Waals surface area contributed by atoms with Crippen molar-refractivity contribution in [2.24, 2.45) is 11.7 Å². The minimum absolute atomic E-state index is 0.0986. The van der Waals surface area contributed by atoms with Crippen LogP contribution < -0.4 is 5.73 Å². The molecule has 28 heavy (non-hydrogen) atoms. The van der Waals surface area contributed by atoms with E-state index in [1.165, 1.54) is 23.1 Å². The normalized spacial score (nSPS) is 27.8. The molecule has 0 bridgehead atoms. The summed E-state index contributed by atoms with van der Waals surface area (Å²) in [7, 11) is -4.48. The van der Waals surface area contributed by atoms with E-state index in [-0.39, 0.29) is 6.61 Å². The van der Waals surface area contributed by atoms with Gasteiger partial charge in [0, 0.05) is 5.54 Å². The van der Waals surface area contributed by atoms with E-state index < -0.39 is 13.4 Å². The summed E-state index contributed by atoms with van der Waals surface area (Å²) in [6.45, 7) is 3.66. The highest BCUT2D eigenvalue weighted by Gasteiger charge is 2.38. The van der Waals surface area contributed by atoms with Gasteiger partial charge in [-0.1, -0.05) is 36.4 Å². The minimum Gasteiger partial charge on any atom is -0.323 e. The number of nitrogens with two attached hydrogens (primary N) is 1. The van der Waals surface area contributed by atoms with Gasteiger partial charge < -0.3 is 15.5 Å². The second-order valence-electron chi connectivity index (χ2n) is 8.39. The predicted octanol–water partition coefficient (Wildman–Crippen LogP) is 4.39. The van der Waals surface area contributed by atoms with Crippen LogP contribution in [0.3, 0.4) is 0 Å². The summed E-state index contributed by atoms with van der Waals surface area (Å²) < 4.78 is 15.7. The molecule has 154 valence electrons. The molecule has 1 fully saturated rings. The van der Waals surface area contributed by atoms with Crippen LogP contribution >= 0.6 is 7.82 Å². The summed E-state index contributed by atoms with van der Waals surface area (Å²) in [6, 6.07) is 6.80. The van der Waals surface area contributed by atoms with Crippen LogP contribution in [0.15, 0.2) is 43.0 Å². The number of unbranched alkanes of at least 4 members (excludes halogenated alkanes) is 1. The molecule has 6 heteroatoms. The van der Waals surface area contributed by atoms with Gasteiger partial charge in [0.25, 0.3) is 0 Å². The molecule has 1 saturated carbocycles. The molecule has 2 aliphatic carbocycles. The molecule has 0 heterocycles. The zero-order chi connectivity index (χ0) is 20.2. The average Bonchev–Trinajstić information content (AvgIpc) is 3.05. The zero-order valence-electron chi connectivity index (χ0n) is 16.4. The van der Waals surface area contributed by atoms with E-state index >= 15 is 0 Å². The topological polar surface area (TPSA) is 92.8 Å². The monoisotopic (exact) mass is 405 g/mol. The molecular weight excluding hydrogens is 373 g/mol. The van der Waals surface area contributed by atoms with Crippen molar-refractivity contribution in [2.45, 2.75) is 62.8 Å². The van der Waals surface area contributed by atoms with Crippen molar-refractivity contribution in [3.05, 3.63) is 59.7 Å². The van der Waals surface area contributed by atoms with Crippen molar-refractivity contribution in [1.82, 2.24) is 0 Å². The lowest BCUT2D eigenvalue weighted by molar-refractivity contribution is 0.153. The molecule has 0 unspecified atom stereocenters. The van der Waals surface area contributed by atoms with E-state index in [1.54, 1.807) is 0 Å². The second kappa shape index (κ2) is 9.06. The van der Waals surface area contributed by atoms with Crippen molar-refractivity contribution < 1.29 is 18.9 Å². The van der Waals surface area contributed by atoms with Gasteiger partial charge in [-0.05, 0) is 79.9 Å². The Bertz CT molecular complexity index is 772. The van der Waals surface area contributed by atoms with E-state index in [0.29, 0.717) is 24.7 Å². The molecule has 0 amide bonds. The lowest BCUT2D eigenvalue weighted by atomic mass is 9.81. The van der Waals surface area contributed by atoms with Crippen LogP contribution in [0.25, 0.3) is 0 Å². The summed E-state index contributed by atoms with van der Waals surface area (Å²) in [6.07, 6.45) is 14.4. The van der Waals surface area contributed by atoms with Gasteiger partial charge in [-0.2, -0.15) is 0 Å². The smallest absolute Gasteiger partial charge is 0.323 e. The van der Waals surface area contributed by atoms with Crippen molar-refractivity contribution in [3.63, 3.8) is 0 Å². The Hall–Kier alpha value is -1.23. The maximum absolute atomic E-state index is 11.0. The average molecular weight is 405 g/mol. The number of phosphoric acid groups is 1. The molecule has 2 aliphatic rings.